The number of nitrogens with zero attached hydrogens (tertiary/aromatic N) is 1. The molecule has 0 aliphatic heterocycles. The van der Waals surface area contributed by atoms with Crippen LogP contribution in [0.3, 0.4) is 0 Å². The van der Waals surface area contributed by atoms with E-state index in [1.807, 2.05) is 0 Å². The number of carbonyl (C=O) groups excluding carboxylic acids is 2. The van der Waals surface area contributed by atoms with Gasteiger partial charge < -0.3 is 9.47 Å². The Morgan fingerprint density at radius 1 is 1.56 bits per heavy atom. The van der Waals surface area contributed by atoms with Crippen LogP contribution >= 0.6 is 0 Å². The Kier molecular flexibility index (Phi) is 4.26. The van der Waals surface area contributed by atoms with Gasteiger partial charge in [0.2, 0.25) is 0 Å². The first-order chi connectivity index (χ1) is 7.69. The summed E-state index contributed by atoms with van der Waals surface area (Å²) in [6.07, 6.45) is 4.08. The molecule has 16 heavy (non-hydrogen) atoms. The Bertz CT molecular complexity index is 409. The minimum absolute atomic E-state index is 0.197. The Labute approximate surface area is 92.2 Å². The minimum atomic E-state index is -0.541. The second-order valence-corrected chi connectivity index (χ2v) is 2.78. The highest BCUT2D eigenvalue weighted by atomic mass is 16.5. The van der Waals surface area contributed by atoms with E-state index in [0.29, 0.717) is 12.2 Å². The fourth-order valence-corrected chi connectivity index (χ4v) is 1.04. The third-order valence-electron chi connectivity index (χ3n) is 1.74. The molecule has 6 nitrogen and oxygen atoms in total. The second kappa shape index (κ2) is 5.69. The van der Waals surface area contributed by atoms with Gasteiger partial charge in [0.15, 0.2) is 5.69 Å². The molecule has 86 valence electrons. The van der Waals surface area contributed by atoms with Crippen molar-refractivity contribution in [2.75, 3.05) is 13.7 Å². The fraction of sp³-hybridized carbons (Fsp3) is 0.300. The summed E-state index contributed by atoms with van der Waals surface area (Å²) in [5.74, 6) is -1.01. The number of methoxy groups -OCH3 is 1. The summed E-state index contributed by atoms with van der Waals surface area (Å²) in [5.41, 5.74) is 0.669. The molecule has 0 saturated carbocycles. The average molecular weight is 224 g/mol. The number of ether oxygens (including phenoxy) is 2. The zero-order valence-corrected chi connectivity index (χ0v) is 9.02. The highest BCUT2D eigenvalue weighted by molar-refractivity contribution is 5.94. The highest BCUT2D eigenvalue weighted by Gasteiger charge is 2.11. The first-order valence-electron chi connectivity index (χ1n) is 4.65. The van der Waals surface area contributed by atoms with Crippen LogP contribution in [-0.4, -0.2) is 35.9 Å². The summed E-state index contributed by atoms with van der Waals surface area (Å²) in [4.78, 5) is 22.3. The molecule has 6 heteroatoms. The van der Waals surface area contributed by atoms with Crippen molar-refractivity contribution in [1.29, 1.82) is 0 Å². The van der Waals surface area contributed by atoms with Crippen molar-refractivity contribution >= 4 is 18.0 Å². The van der Waals surface area contributed by atoms with Crippen molar-refractivity contribution in [3.8, 4) is 0 Å². The summed E-state index contributed by atoms with van der Waals surface area (Å²) in [5, 5.41) is 6.17. The van der Waals surface area contributed by atoms with Gasteiger partial charge in [-0.1, -0.05) is 0 Å². The molecule has 0 amide bonds. The number of H-pyrrole nitrogens is 1. The summed E-state index contributed by atoms with van der Waals surface area (Å²) >= 11 is 0. The minimum Gasteiger partial charge on any atom is -0.464 e. The first kappa shape index (κ1) is 12.0. The number of nitrogens with one attached hydrogen (secondary N) is 1. The number of aromatic amines is 1. The molecule has 1 aromatic rings. The number of aromatic nitrogens is 2. The maximum atomic E-state index is 11.2. The van der Waals surface area contributed by atoms with Gasteiger partial charge >= 0.3 is 11.9 Å². The third-order valence-corrected chi connectivity index (χ3v) is 1.74. The first-order valence-corrected chi connectivity index (χ1v) is 4.65. The van der Waals surface area contributed by atoms with E-state index in [2.05, 4.69) is 14.9 Å². The molecule has 0 aromatic carbocycles. The Morgan fingerprint density at radius 2 is 2.31 bits per heavy atom. The standard InChI is InChI=1S/C10H12N2O4/c1-3-16-8(13)5-4-7-6-11-12-9(7)10(14)15-2/h4-6H,3H2,1-2H3,(H,11,12). The van der Waals surface area contributed by atoms with Gasteiger partial charge in [0.1, 0.15) is 0 Å². The molecule has 1 heterocycles. The van der Waals surface area contributed by atoms with Crippen molar-refractivity contribution in [3.63, 3.8) is 0 Å². The van der Waals surface area contributed by atoms with Crippen molar-refractivity contribution < 1.29 is 19.1 Å². The van der Waals surface area contributed by atoms with E-state index in [9.17, 15) is 9.59 Å². The number of hydrogen-bond acceptors (Lipinski definition) is 5. The van der Waals surface area contributed by atoms with Crippen LogP contribution in [0.2, 0.25) is 0 Å². The van der Waals surface area contributed by atoms with E-state index in [-0.39, 0.29) is 5.69 Å². The average Bonchev–Trinajstić information content (AvgIpc) is 2.74. The van der Waals surface area contributed by atoms with Gasteiger partial charge in [-0.25, -0.2) is 9.59 Å². The Hall–Kier alpha value is -2.11. The summed E-state index contributed by atoms with van der Waals surface area (Å²) in [7, 11) is 1.27. The number of carbonyl (C=O) groups is 2. The summed E-state index contributed by atoms with van der Waals surface area (Å²) in [6, 6.07) is 0. The quantitative estimate of drug-likeness (QED) is 0.603. The molecule has 0 fully saturated rings. The van der Waals surface area contributed by atoms with Gasteiger partial charge in [0.05, 0.1) is 19.9 Å². The lowest BCUT2D eigenvalue weighted by molar-refractivity contribution is -0.137. The summed E-state index contributed by atoms with van der Waals surface area (Å²) < 4.78 is 9.22. The SMILES string of the molecule is CCOC(=O)C=Cc1cn[nH]c1C(=O)OC. The topological polar surface area (TPSA) is 81.3 Å². The molecular weight excluding hydrogens is 212 g/mol. The Balaban J connectivity index is 2.78. The highest BCUT2D eigenvalue weighted by Crippen LogP contribution is 2.08. The lowest BCUT2D eigenvalue weighted by Crippen LogP contribution is -2.04. The van der Waals surface area contributed by atoms with Crippen LogP contribution in [0.1, 0.15) is 23.0 Å². The molecule has 0 aliphatic carbocycles. The van der Waals surface area contributed by atoms with Crippen LogP contribution in [-0.2, 0) is 14.3 Å². The van der Waals surface area contributed by atoms with Gasteiger partial charge in [-0.2, -0.15) is 5.10 Å². The van der Waals surface area contributed by atoms with Crippen molar-refractivity contribution in [2.45, 2.75) is 6.92 Å². The van der Waals surface area contributed by atoms with E-state index in [1.54, 1.807) is 6.92 Å². The molecule has 1 aromatic heterocycles. The van der Waals surface area contributed by atoms with Crippen LogP contribution in [0.15, 0.2) is 12.3 Å². The van der Waals surface area contributed by atoms with Gasteiger partial charge in [-0.15, -0.1) is 0 Å². The zero-order chi connectivity index (χ0) is 12.0. The maximum Gasteiger partial charge on any atom is 0.356 e. The van der Waals surface area contributed by atoms with Crippen LogP contribution in [0, 0.1) is 0 Å². The fourth-order valence-electron chi connectivity index (χ4n) is 1.04. The number of rotatable bonds is 4. The molecule has 0 spiro atoms. The predicted molar refractivity (Wildman–Crippen MR) is 55.6 cm³/mol. The molecule has 1 rings (SSSR count). The third kappa shape index (κ3) is 2.94. The van der Waals surface area contributed by atoms with E-state index >= 15 is 0 Å². The van der Waals surface area contributed by atoms with E-state index in [0.717, 1.165) is 0 Å². The maximum absolute atomic E-state index is 11.2. The van der Waals surface area contributed by atoms with Crippen LogP contribution in [0.25, 0.3) is 6.08 Å². The van der Waals surface area contributed by atoms with E-state index in [1.165, 1.54) is 25.5 Å². The molecule has 0 bridgehead atoms. The zero-order valence-electron chi connectivity index (χ0n) is 9.02. The normalized spacial score (nSPS) is 10.4. The largest absolute Gasteiger partial charge is 0.464 e. The van der Waals surface area contributed by atoms with Gasteiger partial charge in [0, 0.05) is 11.6 Å². The lowest BCUT2D eigenvalue weighted by Gasteiger charge is -1.96. The number of esters is 2. The molecular formula is C10H12N2O4. The molecule has 0 unspecified atom stereocenters. The van der Waals surface area contributed by atoms with Crippen LogP contribution in [0.5, 0.6) is 0 Å². The molecule has 0 saturated heterocycles. The van der Waals surface area contributed by atoms with Gasteiger partial charge in [0.25, 0.3) is 0 Å². The molecule has 1 N–H and O–H groups in total. The molecule has 0 atom stereocenters. The van der Waals surface area contributed by atoms with Crippen LogP contribution in [0.4, 0.5) is 0 Å². The van der Waals surface area contributed by atoms with E-state index in [4.69, 9.17) is 4.74 Å². The summed E-state index contributed by atoms with van der Waals surface area (Å²) in [6.45, 7) is 2.02. The molecule has 0 radical (unpaired) electrons. The van der Waals surface area contributed by atoms with E-state index < -0.39 is 11.9 Å². The second-order valence-electron chi connectivity index (χ2n) is 2.78. The smallest absolute Gasteiger partial charge is 0.356 e. The van der Waals surface area contributed by atoms with Crippen LogP contribution < -0.4 is 0 Å². The molecule has 0 aliphatic rings. The lowest BCUT2D eigenvalue weighted by atomic mass is 10.2. The van der Waals surface area contributed by atoms with Crippen molar-refractivity contribution in [3.05, 3.63) is 23.5 Å². The predicted octanol–water partition coefficient (Wildman–Crippen LogP) is 0.773. The van der Waals surface area contributed by atoms with Crippen molar-refractivity contribution in [2.24, 2.45) is 0 Å². The monoisotopic (exact) mass is 224 g/mol. The van der Waals surface area contributed by atoms with Gasteiger partial charge in [-0.05, 0) is 13.0 Å². The van der Waals surface area contributed by atoms with Crippen molar-refractivity contribution in [1.82, 2.24) is 10.2 Å². The number of hydrogen-bond donors (Lipinski definition) is 1. The van der Waals surface area contributed by atoms with Gasteiger partial charge in [-0.3, -0.25) is 5.10 Å². The Morgan fingerprint density at radius 3 is 2.94 bits per heavy atom.